The third-order valence-corrected chi connectivity index (χ3v) is 4.78. The molecule has 0 radical (unpaired) electrons. The zero-order chi connectivity index (χ0) is 14.3. The van der Waals surface area contributed by atoms with Crippen LogP contribution >= 0.6 is 11.8 Å². The highest BCUT2D eigenvalue weighted by Gasteiger charge is 2.12. The molecule has 0 saturated heterocycles. The van der Waals surface area contributed by atoms with Crippen molar-refractivity contribution in [2.45, 2.75) is 4.90 Å². The van der Waals surface area contributed by atoms with Gasteiger partial charge in [-0.2, -0.15) is 11.8 Å². The molecule has 0 saturated carbocycles. The van der Waals surface area contributed by atoms with E-state index < -0.39 is 10.0 Å². The van der Waals surface area contributed by atoms with E-state index >= 15 is 0 Å². The van der Waals surface area contributed by atoms with E-state index in [1.54, 1.807) is 23.9 Å². The maximum atomic E-state index is 11.7. The first-order chi connectivity index (χ1) is 9.01. The van der Waals surface area contributed by atoms with E-state index in [2.05, 4.69) is 16.6 Å². The molecule has 106 valence electrons. The van der Waals surface area contributed by atoms with Crippen molar-refractivity contribution >= 4 is 33.2 Å². The minimum atomic E-state index is -3.44. The molecule has 7 heteroatoms. The van der Waals surface area contributed by atoms with Gasteiger partial charge in [-0.3, -0.25) is 0 Å². The van der Waals surface area contributed by atoms with E-state index in [1.165, 1.54) is 13.1 Å². The van der Waals surface area contributed by atoms with Crippen LogP contribution in [0.25, 0.3) is 0 Å². The first kappa shape index (κ1) is 15.9. The van der Waals surface area contributed by atoms with Crippen molar-refractivity contribution in [1.82, 2.24) is 4.72 Å². The summed E-state index contributed by atoms with van der Waals surface area (Å²) in [7, 11) is -2.06. The Labute approximate surface area is 118 Å². The lowest BCUT2D eigenvalue weighted by molar-refractivity contribution is 0.588. The van der Waals surface area contributed by atoms with Gasteiger partial charge in [0.2, 0.25) is 10.0 Å². The number of nitrogens with two attached hydrogens (primary N) is 1. The Hall–Kier alpha value is -1.18. The Morgan fingerprint density at radius 2 is 2.21 bits per heavy atom. The van der Waals surface area contributed by atoms with Crippen molar-refractivity contribution < 1.29 is 8.42 Å². The Kier molecular flexibility index (Phi) is 6.20. The van der Waals surface area contributed by atoms with Crippen LogP contribution in [0.15, 0.2) is 35.7 Å². The average Bonchev–Trinajstić information content (AvgIpc) is 2.40. The summed E-state index contributed by atoms with van der Waals surface area (Å²) in [6.45, 7) is 4.36. The lowest BCUT2D eigenvalue weighted by atomic mass is 10.2. The van der Waals surface area contributed by atoms with Crippen LogP contribution in [-0.4, -0.2) is 33.5 Å². The fourth-order valence-electron chi connectivity index (χ4n) is 1.40. The molecular formula is C12H19N3O2S2. The molecule has 0 aromatic heterocycles. The standard InChI is InChI=1S/C12H19N3O2S2/c1-3-7-18-8-6-15-12-9-10(4-5-11(12)13)19(16,17)14-2/h3-5,9,14-15H,1,6-8,13H2,2H3. The summed E-state index contributed by atoms with van der Waals surface area (Å²) in [5, 5.41) is 3.14. The Morgan fingerprint density at radius 3 is 2.84 bits per heavy atom. The van der Waals surface area contributed by atoms with E-state index in [9.17, 15) is 8.42 Å². The molecule has 0 unspecified atom stereocenters. The van der Waals surface area contributed by atoms with E-state index in [-0.39, 0.29) is 4.90 Å². The Balaban J connectivity index is 2.72. The monoisotopic (exact) mass is 301 g/mol. The number of rotatable bonds is 8. The van der Waals surface area contributed by atoms with Gasteiger partial charge in [-0.15, -0.1) is 6.58 Å². The number of sulfonamides is 1. The molecule has 0 fully saturated rings. The molecule has 4 N–H and O–H groups in total. The first-order valence-electron chi connectivity index (χ1n) is 5.77. The molecule has 0 atom stereocenters. The minimum absolute atomic E-state index is 0.199. The van der Waals surface area contributed by atoms with Crippen molar-refractivity contribution in [1.29, 1.82) is 0 Å². The molecule has 1 aromatic rings. The Morgan fingerprint density at radius 1 is 1.47 bits per heavy atom. The maximum absolute atomic E-state index is 11.7. The van der Waals surface area contributed by atoms with E-state index in [0.29, 0.717) is 17.9 Å². The fourth-order valence-corrected chi connectivity index (χ4v) is 2.73. The van der Waals surface area contributed by atoms with Crippen LogP contribution in [0.2, 0.25) is 0 Å². The molecule has 1 aromatic carbocycles. The molecule has 0 amide bonds. The van der Waals surface area contributed by atoms with Crippen LogP contribution in [0, 0.1) is 0 Å². The molecule has 0 bridgehead atoms. The quantitative estimate of drug-likeness (QED) is 0.385. The summed E-state index contributed by atoms with van der Waals surface area (Å²) in [4.78, 5) is 0.199. The highest BCUT2D eigenvalue weighted by Crippen LogP contribution is 2.22. The predicted molar refractivity (Wildman–Crippen MR) is 83.1 cm³/mol. The normalized spacial score (nSPS) is 11.2. The van der Waals surface area contributed by atoms with E-state index in [1.807, 2.05) is 6.08 Å². The van der Waals surface area contributed by atoms with Crippen LogP contribution in [0.3, 0.4) is 0 Å². The van der Waals surface area contributed by atoms with Gasteiger partial charge in [0.1, 0.15) is 0 Å². The van der Waals surface area contributed by atoms with Gasteiger partial charge in [0.15, 0.2) is 0 Å². The summed E-state index contributed by atoms with van der Waals surface area (Å²) in [6, 6.07) is 4.61. The van der Waals surface area contributed by atoms with Crippen LogP contribution in [0.5, 0.6) is 0 Å². The minimum Gasteiger partial charge on any atom is -0.397 e. The third kappa shape index (κ3) is 4.77. The second-order valence-electron chi connectivity index (χ2n) is 3.75. The van der Waals surface area contributed by atoms with Crippen molar-refractivity contribution in [3.05, 3.63) is 30.9 Å². The second-order valence-corrected chi connectivity index (χ2v) is 6.78. The molecule has 5 nitrogen and oxygen atoms in total. The van der Waals surface area contributed by atoms with Crippen LogP contribution < -0.4 is 15.8 Å². The van der Waals surface area contributed by atoms with Gasteiger partial charge in [-0.05, 0) is 25.2 Å². The summed E-state index contributed by atoms with van der Waals surface area (Å²) in [5.74, 6) is 1.79. The number of anilines is 2. The topological polar surface area (TPSA) is 84.2 Å². The summed E-state index contributed by atoms with van der Waals surface area (Å²) in [5.41, 5.74) is 6.98. The zero-order valence-electron chi connectivity index (χ0n) is 10.8. The number of hydrogen-bond donors (Lipinski definition) is 3. The molecule has 0 spiro atoms. The number of hydrogen-bond acceptors (Lipinski definition) is 5. The summed E-state index contributed by atoms with van der Waals surface area (Å²) < 4.78 is 25.6. The van der Waals surface area contributed by atoms with Crippen LogP contribution in [-0.2, 0) is 10.0 Å². The summed E-state index contributed by atoms with van der Waals surface area (Å²) in [6.07, 6.45) is 1.85. The predicted octanol–water partition coefficient (Wildman–Crippen LogP) is 1.51. The number of nitrogens with one attached hydrogen (secondary N) is 2. The molecular weight excluding hydrogens is 282 g/mol. The lowest BCUT2D eigenvalue weighted by Gasteiger charge is -2.11. The average molecular weight is 301 g/mol. The molecule has 0 aliphatic carbocycles. The van der Waals surface area contributed by atoms with Gasteiger partial charge in [0.05, 0.1) is 16.3 Å². The van der Waals surface area contributed by atoms with Crippen molar-refractivity contribution in [3.63, 3.8) is 0 Å². The molecule has 1 rings (SSSR count). The highest BCUT2D eigenvalue weighted by molar-refractivity contribution is 7.99. The highest BCUT2D eigenvalue weighted by atomic mass is 32.2. The van der Waals surface area contributed by atoms with Crippen molar-refractivity contribution in [3.8, 4) is 0 Å². The largest absolute Gasteiger partial charge is 0.397 e. The Bertz CT molecular complexity index is 530. The third-order valence-electron chi connectivity index (χ3n) is 2.40. The molecule has 0 aliphatic rings. The van der Waals surface area contributed by atoms with E-state index in [4.69, 9.17) is 5.73 Å². The van der Waals surface area contributed by atoms with Crippen LogP contribution in [0.1, 0.15) is 0 Å². The molecule has 0 heterocycles. The molecule has 0 aliphatic heterocycles. The van der Waals surface area contributed by atoms with Gasteiger partial charge in [-0.1, -0.05) is 6.08 Å². The van der Waals surface area contributed by atoms with Gasteiger partial charge in [0, 0.05) is 18.1 Å². The number of thioether (sulfide) groups is 1. The lowest BCUT2D eigenvalue weighted by Crippen LogP contribution is -2.19. The van der Waals surface area contributed by atoms with E-state index in [0.717, 1.165) is 11.5 Å². The summed E-state index contributed by atoms with van der Waals surface area (Å²) >= 11 is 1.74. The zero-order valence-corrected chi connectivity index (χ0v) is 12.5. The van der Waals surface area contributed by atoms with Gasteiger partial charge < -0.3 is 11.1 Å². The van der Waals surface area contributed by atoms with Gasteiger partial charge in [-0.25, -0.2) is 13.1 Å². The second kappa shape index (κ2) is 7.42. The SMILES string of the molecule is C=CCSCCNc1cc(S(=O)(=O)NC)ccc1N. The van der Waals surface area contributed by atoms with Gasteiger partial charge in [0.25, 0.3) is 0 Å². The first-order valence-corrected chi connectivity index (χ1v) is 8.40. The van der Waals surface area contributed by atoms with Crippen molar-refractivity contribution in [2.24, 2.45) is 0 Å². The van der Waals surface area contributed by atoms with Gasteiger partial charge >= 0.3 is 0 Å². The fraction of sp³-hybridized carbons (Fsp3) is 0.333. The number of benzene rings is 1. The smallest absolute Gasteiger partial charge is 0.240 e. The van der Waals surface area contributed by atoms with Crippen LogP contribution in [0.4, 0.5) is 11.4 Å². The maximum Gasteiger partial charge on any atom is 0.240 e. The van der Waals surface area contributed by atoms with Crippen molar-refractivity contribution in [2.75, 3.05) is 36.1 Å². The molecule has 19 heavy (non-hydrogen) atoms. The number of nitrogen functional groups attached to an aromatic ring is 1.